The van der Waals surface area contributed by atoms with Crippen molar-refractivity contribution in [1.29, 1.82) is 0 Å². The molecule has 0 saturated heterocycles. The maximum absolute atomic E-state index is 13.1. The van der Waals surface area contributed by atoms with Crippen LogP contribution in [-0.4, -0.2) is 10.9 Å². The monoisotopic (exact) mass is 411 g/mol. The van der Waals surface area contributed by atoms with Gasteiger partial charge in [0.1, 0.15) is 23.1 Å². The van der Waals surface area contributed by atoms with Crippen molar-refractivity contribution in [1.82, 2.24) is 4.98 Å². The van der Waals surface area contributed by atoms with E-state index < -0.39 is 11.7 Å². The smallest absolute Gasteiger partial charge is 0.416 e. The number of nitrogens with one attached hydrogen (secondary N) is 1. The highest BCUT2D eigenvalue weighted by molar-refractivity contribution is 5.74. The number of pyridine rings is 1. The second-order valence-electron chi connectivity index (χ2n) is 6.61. The second-order valence-corrected chi connectivity index (χ2v) is 6.61. The molecule has 152 valence electrons. The first-order valence-electron chi connectivity index (χ1n) is 9.13. The number of fused-ring (bicyclic) bond motifs is 1. The molecule has 0 saturated carbocycles. The van der Waals surface area contributed by atoms with E-state index in [-0.39, 0.29) is 5.69 Å². The lowest BCUT2D eigenvalue weighted by atomic mass is 10.00. The minimum Gasteiger partial charge on any atom is -0.457 e. The van der Waals surface area contributed by atoms with Gasteiger partial charge in [-0.3, -0.25) is 10.4 Å². The average molecular weight is 411 g/mol. The molecule has 8 heteroatoms. The molecule has 0 atom stereocenters. The van der Waals surface area contributed by atoms with Gasteiger partial charge in [-0.05, 0) is 48.9 Å². The van der Waals surface area contributed by atoms with Gasteiger partial charge in [0.05, 0.1) is 16.9 Å². The average Bonchev–Trinajstić information content (AvgIpc) is 2.75. The van der Waals surface area contributed by atoms with E-state index in [2.05, 4.69) is 10.4 Å². The molecule has 1 aliphatic heterocycles. The van der Waals surface area contributed by atoms with Gasteiger partial charge in [-0.25, -0.2) is 9.80 Å². The molecule has 0 unspecified atom stereocenters. The zero-order valence-corrected chi connectivity index (χ0v) is 15.6. The van der Waals surface area contributed by atoms with Gasteiger partial charge in [0.2, 0.25) is 0 Å². The summed E-state index contributed by atoms with van der Waals surface area (Å²) in [6.07, 6.45) is -0.355. The Bertz CT molecular complexity index is 1110. The SMILES string of the molecule is O=C=C1CCc2c(Oc3ccncc3)cccc2N1Nc1cccc(C(F)(F)F)c1. The Hall–Kier alpha value is -3.77. The van der Waals surface area contributed by atoms with Gasteiger partial charge in [0, 0.05) is 24.4 Å². The van der Waals surface area contributed by atoms with Crippen LogP contribution in [0, 0.1) is 0 Å². The molecule has 2 aromatic carbocycles. The summed E-state index contributed by atoms with van der Waals surface area (Å²) >= 11 is 0. The second kappa shape index (κ2) is 7.93. The van der Waals surface area contributed by atoms with Gasteiger partial charge in [-0.1, -0.05) is 12.1 Å². The number of anilines is 2. The summed E-state index contributed by atoms with van der Waals surface area (Å²) in [4.78, 5) is 15.5. The van der Waals surface area contributed by atoms with Crippen LogP contribution in [0.5, 0.6) is 11.5 Å². The topological polar surface area (TPSA) is 54.5 Å². The Morgan fingerprint density at radius 2 is 1.80 bits per heavy atom. The zero-order valence-electron chi connectivity index (χ0n) is 15.6. The Morgan fingerprint density at radius 1 is 1.03 bits per heavy atom. The Morgan fingerprint density at radius 3 is 2.53 bits per heavy atom. The maximum atomic E-state index is 13.1. The lowest BCUT2D eigenvalue weighted by Crippen LogP contribution is -2.33. The molecule has 1 aliphatic rings. The Kier molecular flexibility index (Phi) is 5.16. The van der Waals surface area contributed by atoms with Crippen LogP contribution >= 0.6 is 0 Å². The number of benzene rings is 2. The fraction of sp³-hybridized carbons (Fsp3) is 0.136. The molecule has 4 rings (SSSR count). The van der Waals surface area contributed by atoms with Gasteiger partial charge in [-0.2, -0.15) is 13.2 Å². The fourth-order valence-electron chi connectivity index (χ4n) is 3.26. The summed E-state index contributed by atoms with van der Waals surface area (Å²) < 4.78 is 45.1. The molecule has 0 aliphatic carbocycles. The predicted octanol–water partition coefficient (Wildman–Crippen LogP) is 5.39. The molecular weight excluding hydrogens is 395 g/mol. The van der Waals surface area contributed by atoms with Gasteiger partial charge >= 0.3 is 6.18 Å². The molecule has 0 fully saturated rings. The van der Waals surface area contributed by atoms with Crippen LogP contribution in [0.15, 0.2) is 72.7 Å². The van der Waals surface area contributed by atoms with E-state index in [1.165, 1.54) is 17.1 Å². The van der Waals surface area contributed by atoms with Crippen LogP contribution < -0.4 is 15.2 Å². The van der Waals surface area contributed by atoms with E-state index in [4.69, 9.17) is 4.74 Å². The predicted molar refractivity (Wildman–Crippen MR) is 106 cm³/mol. The van der Waals surface area contributed by atoms with Crippen molar-refractivity contribution < 1.29 is 22.7 Å². The van der Waals surface area contributed by atoms with Crippen LogP contribution in [0.2, 0.25) is 0 Å². The summed E-state index contributed by atoms with van der Waals surface area (Å²) in [5, 5.41) is 1.46. The number of nitrogens with zero attached hydrogens (tertiary/aromatic N) is 2. The molecule has 0 bridgehead atoms. The van der Waals surface area contributed by atoms with Crippen molar-refractivity contribution in [2.45, 2.75) is 19.0 Å². The standard InChI is InChI=1S/C22H16F3N3O2/c23-22(24,25)15-3-1-4-16(13-15)27-28-17(14-29)7-8-19-20(28)5-2-6-21(19)30-18-9-11-26-12-10-18/h1-6,9-13,27H,7-8H2. The van der Waals surface area contributed by atoms with Crippen molar-refractivity contribution in [3.63, 3.8) is 0 Å². The maximum Gasteiger partial charge on any atom is 0.416 e. The quantitative estimate of drug-likeness (QED) is 0.584. The number of carbonyl (C=O) groups excluding carboxylic acids is 1. The molecule has 2 heterocycles. The van der Waals surface area contributed by atoms with E-state index in [1.54, 1.807) is 42.7 Å². The lowest BCUT2D eigenvalue weighted by molar-refractivity contribution is -0.137. The minimum atomic E-state index is -4.47. The van der Waals surface area contributed by atoms with Crippen molar-refractivity contribution in [2.75, 3.05) is 10.4 Å². The first kappa shape index (κ1) is 19.5. The summed E-state index contributed by atoms with van der Waals surface area (Å²) in [6, 6.07) is 13.6. The minimum absolute atomic E-state index is 0.200. The largest absolute Gasteiger partial charge is 0.457 e. The summed E-state index contributed by atoms with van der Waals surface area (Å²) in [6.45, 7) is 0. The summed E-state index contributed by atoms with van der Waals surface area (Å²) in [7, 11) is 0. The zero-order chi connectivity index (χ0) is 21.1. The number of allylic oxidation sites excluding steroid dienone is 1. The molecule has 30 heavy (non-hydrogen) atoms. The van der Waals surface area contributed by atoms with Crippen LogP contribution in [0.25, 0.3) is 0 Å². The molecule has 0 spiro atoms. The van der Waals surface area contributed by atoms with Crippen LogP contribution in [0.1, 0.15) is 17.5 Å². The number of ether oxygens (including phenoxy) is 1. The highest BCUT2D eigenvalue weighted by Crippen LogP contribution is 2.39. The van der Waals surface area contributed by atoms with Gasteiger partial charge in [-0.15, -0.1) is 0 Å². The highest BCUT2D eigenvalue weighted by atomic mass is 19.4. The first-order valence-corrected chi connectivity index (χ1v) is 9.13. The van der Waals surface area contributed by atoms with Crippen LogP contribution in [0.4, 0.5) is 24.5 Å². The number of hydrazine groups is 1. The van der Waals surface area contributed by atoms with Gasteiger partial charge < -0.3 is 4.74 Å². The Balaban J connectivity index is 1.70. The third-order valence-corrected chi connectivity index (χ3v) is 4.66. The number of alkyl halides is 3. The number of aromatic nitrogens is 1. The van der Waals surface area contributed by atoms with E-state index >= 15 is 0 Å². The summed E-state index contributed by atoms with van der Waals surface area (Å²) in [5.41, 5.74) is 4.06. The Labute approximate surface area is 170 Å². The normalized spacial score (nSPS) is 13.4. The van der Waals surface area contributed by atoms with Gasteiger partial charge in [0.15, 0.2) is 0 Å². The molecule has 0 radical (unpaired) electrons. The van der Waals surface area contributed by atoms with Gasteiger partial charge in [0.25, 0.3) is 0 Å². The third-order valence-electron chi connectivity index (χ3n) is 4.66. The van der Waals surface area contributed by atoms with Crippen molar-refractivity contribution in [3.8, 4) is 11.5 Å². The van der Waals surface area contributed by atoms with E-state index in [0.29, 0.717) is 35.7 Å². The van der Waals surface area contributed by atoms with Crippen LogP contribution in [-0.2, 0) is 17.4 Å². The van der Waals surface area contributed by atoms with Crippen molar-refractivity contribution in [2.24, 2.45) is 0 Å². The molecule has 1 N–H and O–H groups in total. The summed E-state index contributed by atoms with van der Waals surface area (Å²) in [5.74, 6) is 3.09. The van der Waals surface area contributed by atoms with Crippen molar-refractivity contribution in [3.05, 3.63) is 83.8 Å². The number of hydrogen-bond donors (Lipinski definition) is 1. The van der Waals surface area contributed by atoms with E-state index in [9.17, 15) is 18.0 Å². The number of halogens is 3. The molecule has 5 nitrogen and oxygen atoms in total. The lowest BCUT2D eigenvalue weighted by Gasteiger charge is -2.33. The third kappa shape index (κ3) is 3.99. The first-order chi connectivity index (χ1) is 14.5. The fourth-order valence-corrected chi connectivity index (χ4v) is 3.26. The number of rotatable bonds is 4. The van der Waals surface area contributed by atoms with Crippen LogP contribution in [0.3, 0.4) is 0 Å². The molecule has 1 aromatic heterocycles. The van der Waals surface area contributed by atoms with E-state index in [0.717, 1.165) is 17.7 Å². The highest BCUT2D eigenvalue weighted by Gasteiger charge is 2.31. The van der Waals surface area contributed by atoms with E-state index in [1.807, 2.05) is 5.94 Å². The number of hydrogen-bond acceptors (Lipinski definition) is 5. The molecule has 3 aromatic rings. The molecule has 0 amide bonds. The molecular formula is C22H16F3N3O2. The van der Waals surface area contributed by atoms with Crippen molar-refractivity contribution >= 4 is 17.3 Å².